The van der Waals surface area contributed by atoms with Crippen molar-refractivity contribution in [2.24, 2.45) is 0 Å². The van der Waals surface area contributed by atoms with Crippen molar-refractivity contribution in [3.8, 4) is 0 Å². The number of carbonyl (C=O) groups is 1. The highest BCUT2D eigenvalue weighted by molar-refractivity contribution is 8.00. The number of nitrogens with zero attached hydrogens (tertiary/aromatic N) is 1. The molecule has 0 aromatic carbocycles. The van der Waals surface area contributed by atoms with Crippen LogP contribution in [0.4, 0.5) is 5.69 Å². The summed E-state index contributed by atoms with van der Waals surface area (Å²) in [4.78, 5) is 16.4. The van der Waals surface area contributed by atoms with Gasteiger partial charge in [0.1, 0.15) is 0 Å². The largest absolute Gasteiger partial charge is 0.383 e. The van der Waals surface area contributed by atoms with Crippen LogP contribution >= 0.6 is 11.8 Å². The molecule has 0 radical (unpaired) electrons. The fraction of sp³-hybridized carbons (Fsp3) is 0.600. The van der Waals surface area contributed by atoms with Gasteiger partial charge in [0.05, 0.1) is 17.4 Å². The van der Waals surface area contributed by atoms with E-state index < -0.39 is 0 Å². The van der Waals surface area contributed by atoms with Gasteiger partial charge in [-0.25, -0.2) is 0 Å². The van der Waals surface area contributed by atoms with Gasteiger partial charge in [-0.1, -0.05) is 12.8 Å². The van der Waals surface area contributed by atoms with Gasteiger partial charge in [-0.3, -0.25) is 9.78 Å². The summed E-state index contributed by atoms with van der Waals surface area (Å²) in [6.45, 7) is 3.54. The Morgan fingerprint density at radius 1 is 1.45 bits per heavy atom. The summed E-state index contributed by atoms with van der Waals surface area (Å²) in [6.07, 6.45) is 10.5. The Kier molecular flexibility index (Phi) is 5.29. The highest BCUT2D eigenvalue weighted by Gasteiger charge is 2.33. The second-order valence-electron chi connectivity index (χ2n) is 5.23. The summed E-state index contributed by atoms with van der Waals surface area (Å²) in [6, 6.07) is 1.77. The average molecular weight is 293 g/mol. The smallest absolute Gasteiger partial charge is 0.253 e. The molecule has 1 aromatic heterocycles. The molecule has 0 aliphatic heterocycles. The molecule has 0 atom stereocenters. The van der Waals surface area contributed by atoms with Crippen LogP contribution in [0.25, 0.3) is 0 Å². The van der Waals surface area contributed by atoms with E-state index in [-0.39, 0.29) is 10.7 Å². The SMILES string of the molecule is CCNc1cnccc1C(=O)NCC1(SC)CCCC1. The first-order valence-corrected chi connectivity index (χ1v) is 8.44. The molecule has 110 valence electrons. The summed E-state index contributed by atoms with van der Waals surface area (Å²) >= 11 is 1.89. The van der Waals surface area contributed by atoms with E-state index in [0.29, 0.717) is 5.56 Å². The zero-order valence-corrected chi connectivity index (χ0v) is 13.1. The number of hydrogen-bond acceptors (Lipinski definition) is 4. The fourth-order valence-electron chi connectivity index (χ4n) is 2.73. The lowest BCUT2D eigenvalue weighted by atomic mass is 10.1. The molecular formula is C15H23N3OS. The van der Waals surface area contributed by atoms with Gasteiger partial charge in [0.15, 0.2) is 0 Å². The first-order valence-electron chi connectivity index (χ1n) is 7.22. The standard InChI is InChI=1S/C15H23N3OS/c1-3-17-13-10-16-9-6-12(13)14(19)18-11-15(20-2)7-4-5-8-15/h6,9-10,17H,3-5,7-8,11H2,1-2H3,(H,18,19). The number of anilines is 1. The third kappa shape index (κ3) is 3.45. The molecule has 2 rings (SSSR count). The molecule has 2 N–H and O–H groups in total. The van der Waals surface area contributed by atoms with Crippen LogP contribution in [0.3, 0.4) is 0 Å². The van der Waals surface area contributed by atoms with Crippen molar-refractivity contribution in [1.82, 2.24) is 10.3 Å². The van der Waals surface area contributed by atoms with Gasteiger partial charge in [-0.2, -0.15) is 11.8 Å². The molecule has 1 fully saturated rings. The van der Waals surface area contributed by atoms with Crippen molar-refractivity contribution in [2.45, 2.75) is 37.4 Å². The number of thioether (sulfide) groups is 1. The molecule has 0 spiro atoms. The predicted molar refractivity (Wildman–Crippen MR) is 85.4 cm³/mol. The Bertz CT molecular complexity index is 458. The maximum atomic E-state index is 12.4. The van der Waals surface area contributed by atoms with E-state index in [1.807, 2.05) is 18.7 Å². The zero-order chi connectivity index (χ0) is 14.4. The molecule has 5 heteroatoms. The lowest BCUT2D eigenvalue weighted by molar-refractivity contribution is 0.0950. The molecule has 20 heavy (non-hydrogen) atoms. The predicted octanol–water partition coefficient (Wildman–Crippen LogP) is 2.92. The molecular weight excluding hydrogens is 270 g/mol. The second-order valence-corrected chi connectivity index (χ2v) is 6.50. The highest BCUT2D eigenvalue weighted by Crippen LogP contribution is 2.39. The fourth-order valence-corrected chi connectivity index (χ4v) is 3.65. The van der Waals surface area contributed by atoms with E-state index in [2.05, 4.69) is 21.9 Å². The normalized spacial score (nSPS) is 16.9. The van der Waals surface area contributed by atoms with Gasteiger partial charge in [-0.05, 0) is 32.1 Å². The van der Waals surface area contributed by atoms with Crippen LogP contribution < -0.4 is 10.6 Å². The summed E-state index contributed by atoms with van der Waals surface area (Å²) in [5, 5.41) is 6.28. The van der Waals surface area contributed by atoms with E-state index >= 15 is 0 Å². The van der Waals surface area contributed by atoms with Crippen molar-refractivity contribution < 1.29 is 4.79 Å². The van der Waals surface area contributed by atoms with Gasteiger partial charge in [0, 0.05) is 24.0 Å². The molecule has 4 nitrogen and oxygen atoms in total. The maximum absolute atomic E-state index is 12.4. The molecule has 1 amide bonds. The molecule has 1 saturated carbocycles. The van der Waals surface area contributed by atoms with Crippen molar-refractivity contribution in [2.75, 3.05) is 24.7 Å². The third-order valence-corrected chi connectivity index (χ3v) is 5.37. The molecule has 1 heterocycles. The Morgan fingerprint density at radius 3 is 2.85 bits per heavy atom. The van der Waals surface area contributed by atoms with Crippen LogP contribution in [0.2, 0.25) is 0 Å². The molecule has 0 unspecified atom stereocenters. The van der Waals surface area contributed by atoms with E-state index in [0.717, 1.165) is 18.8 Å². The second kappa shape index (κ2) is 6.97. The highest BCUT2D eigenvalue weighted by atomic mass is 32.2. The Balaban J connectivity index is 2.01. The van der Waals surface area contributed by atoms with Crippen molar-refractivity contribution in [3.63, 3.8) is 0 Å². The lowest BCUT2D eigenvalue weighted by Crippen LogP contribution is -2.38. The molecule has 1 aromatic rings. The first kappa shape index (κ1) is 15.2. The minimum absolute atomic E-state index is 0.0105. The average Bonchev–Trinajstić information content (AvgIpc) is 2.95. The topological polar surface area (TPSA) is 54.0 Å². The van der Waals surface area contributed by atoms with E-state index in [4.69, 9.17) is 0 Å². The number of nitrogens with one attached hydrogen (secondary N) is 2. The number of aromatic nitrogens is 1. The molecule has 1 aliphatic carbocycles. The van der Waals surface area contributed by atoms with Gasteiger partial charge in [-0.15, -0.1) is 0 Å². The first-order chi connectivity index (χ1) is 9.71. The van der Waals surface area contributed by atoms with Crippen molar-refractivity contribution >= 4 is 23.4 Å². The van der Waals surface area contributed by atoms with Crippen molar-refractivity contribution in [1.29, 1.82) is 0 Å². The third-order valence-electron chi connectivity index (χ3n) is 3.95. The Hall–Kier alpha value is -1.23. The van der Waals surface area contributed by atoms with E-state index in [1.165, 1.54) is 25.7 Å². The van der Waals surface area contributed by atoms with Crippen LogP contribution in [0.5, 0.6) is 0 Å². The number of carbonyl (C=O) groups excluding carboxylic acids is 1. The quantitative estimate of drug-likeness (QED) is 0.847. The molecule has 0 saturated heterocycles. The summed E-state index contributed by atoms with van der Waals surface area (Å²) < 4.78 is 0.237. The Labute approximate surface area is 125 Å². The molecule has 0 bridgehead atoms. The van der Waals surface area contributed by atoms with Crippen LogP contribution in [0.1, 0.15) is 43.0 Å². The zero-order valence-electron chi connectivity index (χ0n) is 12.2. The van der Waals surface area contributed by atoms with E-state index in [9.17, 15) is 4.79 Å². The van der Waals surface area contributed by atoms with Gasteiger partial charge >= 0.3 is 0 Å². The number of rotatable bonds is 6. The summed E-state index contributed by atoms with van der Waals surface area (Å²) in [5.74, 6) is -0.0105. The van der Waals surface area contributed by atoms with Crippen LogP contribution in [0, 0.1) is 0 Å². The summed E-state index contributed by atoms with van der Waals surface area (Å²) in [5.41, 5.74) is 1.48. The van der Waals surface area contributed by atoms with Crippen LogP contribution in [-0.4, -0.2) is 35.0 Å². The molecule has 1 aliphatic rings. The number of hydrogen-bond donors (Lipinski definition) is 2. The van der Waals surface area contributed by atoms with E-state index in [1.54, 1.807) is 18.5 Å². The van der Waals surface area contributed by atoms with Gasteiger partial charge in [0.25, 0.3) is 5.91 Å². The van der Waals surface area contributed by atoms with Gasteiger partial charge < -0.3 is 10.6 Å². The minimum atomic E-state index is -0.0105. The monoisotopic (exact) mass is 293 g/mol. The summed E-state index contributed by atoms with van der Waals surface area (Å²) in [7, 11) is 0. The van der Waals surface area contributed by atoms with Crippen molar-refractivity contribution in [3.05, 3.63) is 24.0 Å². The lowest BCUT2D eigenvalue weighted by Gasteiger charge is -2.27. The van der Waals surface area contributed by atoms with Crippen LogP contribution in [0.15, 0.2) is 18.5 Å². The maximum Gasteiger partial charge on any atom is 0.253 e. The Morgan fingerprint density at radius 2 is 2.20 bits per heavy atom. The minimum Gasteiger partial charge on any atom is -0.383 e. The van der Waals surface area contributed by atoms with Crippen LogP contribution in [-0.2, 0) is 0 Å². The number of pyridine rings is 1. The van der Waals surface area contributed by atoms with Gasteiger partial charge in [0.2, 0.25) is 0 Å². The number of amides is 1.